The molecule has 5 nitrogen and oxygen atoms in total. The lowest BCUT2D eigenvalue weighted by Gasteiger charge is -2.43. The second kappa shape index (κ2) is 8.21. The minimum absolute atomic E-state index is 0.124. The van der Waals surface area contributed by atoms with Crippen molar-refractivity contribution in [2.24, 2.45) is 0 Å². The Bertz CT molecular complexity index is 1170. The molecule has 0 spiro atoms. The number of aromatic carboxylic acids is 1. The zero-order chi connectivity index (χ0) is 23.4. The van der Waals surface area contributed by atoms with Crippen LogP contribution < -0.4 is 4.90 Å². The van der Waals surface area contributed by atoms with Gasteiger partial charge in [0.05, 0.1) is 42.3 Å². The first-order valence-electron chi connectivity index (χ1n) is 9.31. The van der Waals surface area contributed by atoms with Gasteiger partial charge in [-0.1, -0.05) is 52.5 Å². The fourth-order valence-corrected chi connectivity index (χ4v) is 5.07. The Balaban J connectivity index is 2.29. The van der Waals surface area contributed by atoms with E-state index in [0.29, 0.717) is 6.54 Å². The van der Waals surface area contributed by atoms with E-state index in [1.807, 2.05) is 13.8 Å². The molecule has 0 unspecified atom stereocenters. The lowest BCUT2D eigenvalue weighted by Crippen LogP contribution is -2.44. The summed E-state index contributed by atoms with van der Waals surface area (Å²) in [7, 11) is 0. The summed E-state index contributed by atoms with van der Waals surface area (Å²) in [6.45, 7) is 8.68. The van der Waals surface area contributed by atoms with Gasteiger partial charge in [0, 0.05) is 23.9 Å². The molecule has 0 amide bonds. The molecule has 2 aromatic carbocycles. The topological polar surface area (TPSA) is 77.8 Å². The highest BCUT2D eigenvalue weighted by Gasteiger charge is 2.34. The number of carbonyl (C=O) groups is 2. The molecule has 0 saturated carbocycles. The molecule has 0 aromatic heterocycles. The van der Waals surface area contributed by atoms with E-state index in [4.69, 9.17) is 46.4 Å². The van der Waals surface area contributed by atoms with Gasteiger partial charge in [0.2, 0.25) is 0 Å². The van der Waals surface area contributed by atoms with Gasteiger partial charge in [0.1, 0.15) is 5.75 Å². The van der Waals surface area contributed by atoms with Crippen LogP contribution in [0.4, 0.5) is 5.69 Å². The Morgan fingerprint density at radius 3 is 2.06 bits per heavy atom. The summed E-state index contributed by atoms with van der Waals surface area (Å²) in [6, 6.07) is 3.02. The Labute approximate surface area is 199 Å². The molecule has 2 N–H and O–H groups in total. The van der Waals surface area contributed by atoms with Gasteiger partial charge in [-0.05, 0) is 39.3 Å². The van der Waals surface area contributed by atoms with Crippen LogP contribution in [0.5, 0.6) is 5.75 Å². The quantitative estimate of drug-likeness (QED) is 0.268. The fraction of sp³-hybridized carbons (Fsp3) is 0.273. The maximum atomic E-state index is 13.4. The average Bonchev–Trinajstić information content (AvgIpc) is 2.67. The van der Waals surface area contributed by atoms with Gasteiger partial charge >= 0.3 is 5.97 Å². The largest absolute Gasteiger partial charge is 0.507 e. The van der Waals surface area contributed by atoms with Crippen molar-refractivity contribution >= 4 is 69.4 Å². The summed E-state index contributed by atoms with van der Waals surface area (Å²) < 4.78 is 0. The minimum Gasteiger partial charge on any atom is -0.507 e. The second-order valence-corrected chi connectivity index (χ2v) is 9.26. The van der Waals surface area contributed by atoms with Crippen molar-refractivity contribution in [3.05, 3.63) is 60.6 Å². The Hall–Kier alpha value is -1.92. The van der Waals surface area contributed by atoms with Crippen molar-refractivity contribution in [2.45, 2.75) is 33.2 Å². The number of hydrogen-bond donors (Lipinski definition) is 2. The molecule has 1 aliphatic heterocycles. The molecule has 0 fully saturated rings. The number of carboxylic acid groups (broad SMARTS) is 1. The van der Waals surface area contributed by atoms with Gasteiger partial charge in [-0.3, -0.25) is 4.79 Å². The molecule has 0 bridgehead atoms. The van der Waals surface area contributed by atoms with Crippen molar-refractivity contribution in [1.29, 1.82) is 0 Å². The summed E-state index contributed by atoms with van der Waals surface area (Å²) in [6.07, 6.45) is 2.07. The van der Waals surface area contributed by atoms with Gasteiger partial charge in [0.15, 0.2) is 5.78 Å². The summed E-state index contributed by atoms with van der Waals surface area (Å²) in [5.41, 5.74) is 0.984. The van der Waals surface area contributed by atoms with E-state index in [1.165, 1.54) is 12.1 Å². The standard InChI is InChI=1S/C22H19Cl4NO4/c1-5-27-12-7-13(28)11(6-10(12)9(2)8-22(27,3)4)20(29)14-15(21(30)31)17(24)19(26)18(25)16(14)23/h6-8,28H,5H2,1-4H3,(H,30,31). The number of fused-ring (bicyclic) bond motifs is 1. The first-order valence-corrected chi connectivity index (χ1v) is 10.8. The van der Waals surface area contributed by atoms with Crippen LogP contribution in [0.2, 0.25) is 20.1 Å². The second-order valence-electron chi connectivity index (χ2n) is 7.75. The molecule has 1 heterocycles. The summed E-state index contributed by atoms with van der Waals surface area (Å²) in [5.74, 6) is -2.65. The Morgan fingerprint density at radius 1 is 1.00 bits per heavy atom. The van der Waals surface area contributed by atoms with Crippen molar-refractivity contribution in [2.75, 3.05) is 11.4 Å². The van der Waals surface area contributed by atoms with Crippen molar-refractivity contribution < 1.29 is 19.8 Å². The number of phenols is 1. The van der Waals surface area contributed by atoms with E-state index in [9.17, 15) is 19.8 Å². The molecule has 0 atom stereocenters. The molecule has 0 saturated heterocycles. The summed E-state index contributed by atoms with van der Waals surface area (Å²) in [4.78, 5) is 27.3. The molecule has 164 valence electrons. The number of ketones is 1. The first kappa shape index (κ1) is 23.7. The van der Waals surface area contributed by atoms with E-state index < -0.39 is 27.9 Å². The summed E-state index contributed by atoms with van der Waals surface area (Å²) >= 11 is 24.3. The molecule has 9 heteroatoms. The molecule has 31 heavy (non-hydrogen) atoms. The number of nitrogens with zero attached hydrogens (tertiary/aromatic N) is 1. The van der Waals surface area contributed by atoms with Crippen LogP contribution in [0.3, 0.4) is 0 Å². The average molecular weight is 503 g/mol. The highest BCUT2D eigenvalue weighted by Crippen LogP contribution is 2.45. The zero-order valence-electron chi connectivity index (χ0n) is 17.1. The maximum absolute atomic E-state index is 13.4. The third-order valence-corrected chi connectivity index (χ3v) is 7.17. The Morgan fingerprint density at radius 2 is 1.55 bits per heavy atom. The number of anilines is 1. The van der Waals surface area contributed by atoms with Gasteiger partial charge in [-0.2, -0.15) is 0 Å². The highest BCUT2D eigenvalue weighted by molar-refractivity contribution is 6.54. The van der Waals surface area contributed by atoms with Crippen LogP contribution in [0, 0.1) is 0 Å². The number of rotatable bonds is 4. The lowest BCUT2D eigenvalue weighted by atomic mass is 9.86. The van der Waals surface area contributed by atoms with Crippen LogP contribution in [-0.2, 0) is 0 Å². The van der Waals surface area contributed by atoms with Crippen molar-refractivity contribution in [1.82, 2.24) is 0 Å². The van der Waals surface area contributed by atoms with Crippen molar-refractivity contribution in [3.63, 3.8) is 0 Å². The number of benzene rings is 2. The number of carboxylic acids is 1. The van der Waals surface area contributed by atoms with Crippen LogP contribution in [0.15, 0.2) is 18.2 Å². The van der Waals surface area contributed by atoms with Crippen LogP contribution >= 0.6 is 46.4 Å². The van der Waals surface area contributed by atoms with E-state index >= 15 is 0 Å². The van der Waals surface area contributed by atoms with E-state index in [2.05, 4.69) is 24.8 Å². The van der Waals surface area contributed by atoms with Crippen LogP contribution in [0.1, 0.15) is 59.5 Å². The van der Waals surface area contributed by atoms with E-state index in [0.717, 1.165) is 16.8 Å². The SMILES string of the molecule is CCN1c2cc(O)c(C(=O)c3c(Cl)c(Cl)c(Cl)c(Cl)c3C(=O)O)cc2C(C)=CC1(C)C. The molecule has 2 aromatic rings. The highest BCUT2D eigenvalue weighted by atomic mass is 35.5. The predicted molar refractivity (Wildman–Crippen MR) is 126 cm³/mol. The van der Waals surface area contributed by atoms with Gasteiger partial charge in [-0.25, -0.2) is 4.79 Å². The molecular weight excluding hydrogens is 484 g/mol. The number of phenolic OH excluding ortho intramolecular Hbond substituents is 1. The monoisotopic (exact) mass is 501 g/mol. The van der Waals surface area contributed by atoms with Crippen molar-refractivity contribution in [3.8, 4) is 5.75 Å². The van der Waals surface area contributed by atoms with Crippen LogP contribution in [0.25, 0.3) is 5.57 Å². The first-order chi connectivity index (χ1) is 14.3. The number of likely N-dealkylation sites (N-methyl/N-ethyl adjacent to an activating group) is 1. The van der Waals surface area contributed by atoms with Crippen LogP contribution in [-0.4, -0.2) is 34.0 Å². The maximum Gasteiger partial charge on any atom is 0.338 e. The predicted octanol–water partition coefficient (Wildman–Crippen LogP) is 6.96. The molecule has 1 aliphatic rings. The molecule has 0 aliphatic carbocycles. The molecule has 0 radical (unpaired) electrons. The van der Waals surface area contributed by atoms with Gasteiger partial charge in [-0.15, -0.1) is 0 Å². The normalized spacial score (nSPS) is 14.8. The lowest BCUT2D eigenvalue weighted by molar-refractivity contribution is 0.0693. The fourth-order valence-electron chi connectivity index (χ4n) is 4.05. The van der Waals surface area contributed by atoms with Gasteiger partial charge in [0.25, 0.3) is 0 Å². The van der Waals surface area contributed by atoms with Gasteiger partial charge < -0.3 is 15.1 Å². The smallest absolute Gasteiger partial charge is 0.338 e. The minimum atomic E-state index is -1.50. The number of carbonyl (C=O) groups excluding carboxylic acids is 1. The third kappa shape index (κ3) is 3.78. The number of hydrogen-bond acceptors (Lipinski definition) is 4. The molecule has 3 rings (SSSR count). The Kier molecular flexibility index (Phi) is 6.29. The zero-order valence-corrected chi connectivity index (χ0v) is 20.1. The molecular formula is C22H19Cl4NO4. The third-order valence-electron chi connectivity index (χ3n) is 5.36. The van der Waals surface area contributed by atoms with E-state index in [1.54, 1.807) is 0 Å². The number of allylic oxidation sites excluding steroid dienone is 1. The van der Waals surface area contributed by atoms with E-state index in [-0.39, 0.29) is 31.9 Å². The number of aromatic hydroxyl groups is 1. The summed E-state index contributed by atoms with van der Waals surface area (Å²) in [5, 5.41) is 19.1. The number of halogens is 4.